The first-order chi connectivity index (χ1) is 22.1. The third-order valence-electron chi connectivity index (χ3n) is 7.37. The Morgan fingerprint density at radius 3 is 2.38 bits per heavy atom. The number of carbonyl (C=O) groups is 1. The topological polar surface area (TPSA) is 108 Å². The van der Waals surface area contributed by atoms with Gasteiger partial charge in [-0.15, -0.1) is 5.10 Å². The Bertz CT molecular complexity index is 1570. The molecule has 0 fully saturated rings. The van der Waals surface area contributed by atoms with Crippen LogP contribution in [0.25, 0.3) is 0 Å². The lowest BCUT2D eigenvalue weighted by molar-refractivity contribution is -0.138. The number of aromatic carboxylic acids is 1. The molecule has 2 N–H and O–H groups in total. The van der Waals surface area contributed by atoms with Crippen molar-refractivity contribution in [3.8, 4) is 5.75 Å². The molecule has 256 valence electrons. The quantitative estimate of drug-likeness (QED) is 0.176. The molecule has 1 unspecified atom stereocenters. The van der Waals surface area contributed by atoms with Gasteiger partial charge in [0.15, 0.2) is 0 Å². The van der Waals surface area contributed by atoms with Crippen LogP contribution < -0.4 is 9.80 Å². The number of rotatable bonds is 9. The fourth-order valence-electron chi connectivity index (χ4n) is 5.26. The van der Waals surface area contributed by atoms with Crippen molar-refractivity contribution < 1.29 is 41.4 Å². The molecule has 4 rings (SSSR count). The van der Waals surface area contributed by atoms with Gasteiger partial charge in [0.1, 0.15) is 11.3 Å². The molecule has 0 radical (unpaired) electrons. The van der Waals surface area contributed by atoms with Crippen LogP contribution in [0.1, 0.15) is 78.2 Å². The van der Waals surface area contributed by atoms with Crippen LogP contribution in [0.3, 0.4) is 0 Å². The molecule has 0 spiro atoms. The summed E-state index contributed by atoms with van der Waals surface area (Å²) < 4.78 is 80.4. The second-order valence-corrected chi connectivity index (χ2v) is 11.0. The van der Waals surface area contributed by atoms with Crippen molar-refractivity contribution in [2.45, 2.75) is 71.4 Å². The Kier molecular flexibility index (Phi) is 12.4. The highest BCUT2D eigenvalue weighted by Gasteiger charge is 2.37. The highest BCUT2D eigenvalue weighted by Crippen LogP contribution is 2.43. The molecule has 9 nitrogen and oxygen atoms in total. The number of anilines is 2. The molecule has 0 saturated carbocycles. The fourth-order valence-corrected chi connectivity index (χ4v) is 5.26. The standard InChI is InChI=1S/C27H28F6N6O3.C5H10/c1-16-12-18-21(39(25-34-36-37(2)35-25)11-4-3-9-26(28,29)30)6-5-10-38(22(18)14-20(16)27(31,32)33)15-17-7-8-23(40)19(13-17)24(41)42;1-3-5-4-2/h3-4,7-8,12-14,21,40H,5-6,9-11,15H2,1-2H3,(H,41,42);3,5H,4H2,1-2H3/b4-3+;5-3-. The van der Waals surface area contributed by atoms with Crippen LogP contribution in [0.2, 0.25) is 0 Å². The molecule has 47 heavy (non-hydrogen) atoms. The Morgan fingerprint density at radius 2 is 1.83 bits per heavy atom. The number of carboxylic acid groups (broad SMARTS) is 1. The summed E-state index contributed by atoms with van der Waals surface area (Å²) in [6.45, 7) is 5.76. The number of benzene rings is 2. The van der Waals surface area contributed by atoms with Crippen LogP contribution >= 0.6 is 0 Å². The number of hydrogen-bond donors (Lipinski definition) is 2. The summed E-state index contributed by atoms with van der Waals surface area (Å²) in [4.78, 5) is 16.0. The van der Waals surface area contributed by atoms with Crippen molar-refractivity contribution in [1.82, 2.24) is 20.2 Å². The summed E-state index contributed by atoms with van der Waals surface area (Å²) in [5, 5.41) is 31.4. The molecule has 0 amide bonds. The maximum absolute atomic E-state index is 14.0. The van der Waals surface area contributed by atoms with E-state index in [0.29, 0.717) is 30.5 Å². The highest BCUT2D eigenvalue weighted by atomic mass is 19.4. The number of halogens is 6. The van der Waals surface area contributed by atoms with Crippen molar-refractivity contribution in [2.75, 3.05) is 22.9 Å². The first-order valence-corrected chi connectivity index (χ1v) is 14.9. The van der Waals surface area contributed by atoms with E-state index in [4.69, 9.17) is 0 Å². The molecule has 0 saturated heterocycles. The van der Waals surface area contributed by atoms with Gasteiger partial charge in [0, 0.05) is 25.3 Å². The zero-order valence-corrected chi connectivity index (χ0v) is 26.5. The van der Waals surface area contributed by atoms with Crippen LogP contribution in [0.15, 0.2) is 54.6 Å². The zero-order chi connectivity index (χ0) is 34.9. The number of carboxylic acids is 1. The zero-order valence-electron chi connectivity index (χ0n) is 26.5. The summed E-state index contributed by atoms with van der Waals surface area (Å²) in [6, 6.07) is 5.81. The molecule has 2 aromatic carbocycles. The van der Waals surface area contributed by atoms with Gasteiger partial charge in [-0.3, -0.25) is 0 Å². The van der Waals surface area contributed by atoms with Crippen molar-refractivity contribution >= 4 is 17.6 Å². The van der Waals surface area contributed by atoms with E-state index in [0.717, 1.165) is 18.6 Å². The third-order valence-corrected chi connectivity index (χ3v) is 7.37. The van der Waals surface area contributed by atoms with Crippen LogP contribution in [-0.2, 0) is 19.8 Å². The second kappa shape index (κ2) is 15.8. The van der Waals surface area contributed by atoms with Gasteiger partial charge in [-0.25, -0.2) is 4.79 Å². The number of tetrazole rings is 1. The number of fused-ring (bicyclic) bond motifs is 1. The van der Waals surface area contributed by atoms with Gasteiger partial charge in [0.25, 0.3) is 5.95 Å². The average molecular weight is 669 g/mol. The van der Waals surface area contributed by atoms with E-state index in [1.807, 2.05) is 6.92 Å². The predicted molar refractivity (Wildman–Crippen MR) is 165 cm³/mol. The van der Waals surface area contributed by atoms with E-state index >= 15 is 0 Å². The molecule has 0 bridgehead atoms. The summed E-state index contributed by atoms with van der Waals surface area (Å²) >= 11 is 0. The number of allylic oxidation sites excluding steroid dienone is 3. The van der Waals surface area contributed by atoms with E-state index < -0.39 is 42.1 Å². The van der Waals surface area contributed by atoms with Gasteiger partial charge in [-0.2, -0.15) is 31.1 Å². The largest absolute Gasteiger partial charge is 0.507 e. The van der Waals surface area contributed by atoms with Gasteiger partial charge in [-0.05, 0) is 73.2 Å². The first kappa shape index (κ1) is 36.9. The van der Waals surface area contributed by atoms with Gasteiger partial charge < -0.3 is 20.0 Å². The van der Waals surface area contributed by atoms with Crippen LogP contribution in [0.5, 0.6) is 5.75 Å². The summed E-state index contributed by atoms with van der Waals surface area (Å²) in [5.74, 6) is -1.70. The minimum atomic E-state index is -4.66. The van der Waals surface area contributed by atoms with Crippen LogP contribution in [0.4, 0.5) is 38.0 Å². The van der Waals surface area contributed by atoms with Gasteiger partial charge in [0.2, 0.25) is 0 Å². The molecule has 1 aliphatic heterocycles. The molecule has 1 atom stereocenters. The Morgan fingerprint density at radius 1 is 1.11 bits per heavy atom. The Labute approximate surface area is 268 Å². The van der Waals surface area contributed by atoms with Crippen molar-refractivity contribution in [2.24, 2.45) is 7.05 Å². The van der Waals surface area contributed by atoms with E-state index in [2.05, 4.69) is 34.5 Å². The van der Waals surface area contributed by atoms with Gasteiger partial charge >= 0.3 is 18.3 Å². The minimum absolute atomic E-state index is 0.0365. The Hall–Kier alpha value is -4.56. The van der Waals surface area contributed by atoms with Crippen LogP contribution in [-0.4, -0.2) is 55.7 Å². The van der Waals surface area contributed by atoms with Crippen molar-refractivity contribution in [3.63, 3.8) is 0 Å². The SMILES string of the molecule is C/C=C\CC.Cc1cc2c(cc1C(F)(F)F)N(Cc1ccc(O)c(C(=O)O)c1)CCCC2N(C/C=C/CC(F)(F)F)c1nnn(C)n1. The lowest BCUT2D eigenvalue weighted by Gasteiger charge is -2.32. The molecule has 0 aliphatic carbocycles. The maximum Gasteiger partial charge on any atom is 0.416 e. The highest BCUT2D eigenvalue weighted by molar-refractivity contribution is 5.91. The van der Waals surface area contributed by atoms with Crippen LogP contribution in [0, 0.1) is 6.92 Å². The minimum Gasteiger partial charge on any atom is -0.507 e. The number of alkyl halides is 6. The molecule has 3 aromatic rings. The number of aryl methyl sites for hydroxylation is 2. The number of aromatic hydroxyl groups is 1. The summed E-state index contributed by atoms with van der Waals surface area (Å²) in [7, 11) is 1.51. The van der Waals surface area contributed by atoms with Gasteiger partial charge in [-0.1, -0.05) is 48.5 Å². The van der Waals surface area contributed by atoms with Crippen molar-refractivity contribution in [1.29, 1.82) is 0 Å². The fraction of sp³-hybridized carbons (Fsp3) is 0.438. The molecule has 1 aromatic heterocycles. The second-order valence-electron chi connectivity index (χ2n) is 11.0. The average Bonchev–Trinajstić information content (AvgIpc) is 3.33. The third kappa shape index (κ3) is 10.2. The number of aromatic nitrogens is 4. The molecular weight excluding hydrogens is 630 g/mol. The molecule has 15 heteroatoms. The summed E-state index contributed by atoms with van der Waals surface area (Å²) in [6.07, 6.45) is -1.72. The number of nitrogens with zero attached hydrogens (tertiary/aromatic N) is 6. The summed E-state index contributed by atoms with van der Waals surface area (Å²) in [5.41, 5.74) is -0.0683. The first-order valence-electron chi connectivity index (χ1n) is 14.9. The van der Waals surface area contributed by atoms with E-state index in [1.54, 1.807) is 9.80 Å². The normalized spacial score (nSPS) is 15.4. The lowest BCUT2D eigenvalue weighted by atomic mass is 9.94. The molecule has 1 aliphatic rings. The molecular formula is C32H38F6N6O3. The van der Waals surface area contributed by atoms with E-state index in [-0.39, 0.29) is 35.9 Å². The van der Waals surface area contributed by atoms with E-state index in [9.17, 15) is 41.4 Å². The number of phenols is 1. The van der Waals surface area contributed by atoms with Gasteiger partial charge in [0.05, 0.1) is 25.1 Å². The predicted octanol–water partition coefficient (Wildman–Crippen LogP) is 7.77. The number of hydrogen-bond acceptors (Lipinski definition) is 7. The monoisotopic (exact) mass is 668 g/mol. The molecule has 2 heterocycles. The van der Waals surface area contributed by atoms with E-state index in [1.165, 1.54) is 49.1 Å². The maximum atomic E-state index is 14.0. The van der Waals surface area contributed by atoms with Crippen molar-refractivity contribution in [3.05, 3.63) is 82.5 Å². The lowest BCUT2D eigenvalue weighted by Crippen LogP contribution is -2.31. The Balaban J connectivity index is 0.00000111. The smallest absolute Gasteiger partial charge is 0.416 e.